The van der Waals surface area contributed by atoms with Gasteiger partial charge in [0.2, 0.25) is 0 Å². The summed E-state index contributed by atoms with van der Waals surface area (Å²) in [6.07, 6.45) is 6.53. The van der Waals surface area contributed by atoms with Crippen LogP contribution >= 0.6 is 0 Å². The number of aliphatic hydroxyl groups is 3. The second-order valence-corrected chi connectivity index (χ2v) is 19.4. The van der Waals surface area contributed by atoms with E-state index in [0.717, 1.165) is 18.4 Å². The predicted molar refractivity (Wildman–Crippen MR) is 227 cm³/mol. The fourth-order valence-electron chi connectivity index (χ4n) is 11.0. The zero-order valence-corrected chi connectivity index (χ0v) is 38.5. The number of methoxy groups -OCH3 is 2. The maximum atomic E-state index is 14.4. The van der Waals surface area contributed by atoms with Crippen LogP contribution in [0.25, 0.3) is 0 Å². The van der Waals surface area contributed by atoms with E-state index in [9.17, 15) is 20.1 Å². The molecule has 7 rings (SSSR count). The van der Waals surface area contributed by atoms with Crippen LogP contribution in [0.2, 0.25) is 0 Å². The molecule has 5 fully saturated rings. The van der Waals surface area contributed by atoms with Gasteiger partial charge in [0.05, 0.1) is 49.3 Å². The third-order valence-electron chi connectivity index (χ3n) is 14.9. The van der Waals surface area contributed by atoms with Gasteiger partial charge in [-0.2, -0.15) is 0 Å². The summed E-state index contributed by atoms with van der Waals surface area (Å²) in [5, 5.41) is 34.2. The Morgan fingerprint density at radius 1 is 0.919 bits per heavy atom. The second-order valence-electron chi connectivity index (χ2n) is 19.4. The van der Waals surface area contributed by atoms with E-state index in [1.807, 2.05) is 19.1 Å². The summed E-state index contributed by atoms with van der Waals surface area (Å²) in [7, 11) is 3.23. The molecule has 62 heavy (non-hydrogen) atoms. The summed E-state index contributed by atoms with van der Waals surface area (Å²) in [6.45, 7) is 16.3. The first-order chi connectivity index (χ1) is 29.5. The van der Waals surface area contributed by atoms with Crippen LogP contribution in [0.3, 0.4) is 0 Å². The van der Waals surface area contributed by atoms with Crippen molar-refractivity contribution in [3.63, 3.8) is 0 Å². The number of allylic oxidation sites excluding steroid dienone is 2. The average molecular weight is 875 g/mol. The molecule has 2 bridgehead atoms. The van der Waals surface area contributed by atoms with Gasteiger partial charge in [0, 0.05) is 52.2 Å². The monoisotopic (exact) mass is 875 g/mol. The molecule has 14 heteroatoms. The van der Waals surface area contributed by atoms with Crippen molar-refractivity contribution < 1.29 is 67.5 Å². The molecule has 0 radical (unpaired) electrons. The lowest BCUT2D eigenvalue weighted by atomic mass is 9.71. The largest absolute Gasteiger partial charge is 0.462 e. The molecular formula is C48H74O14. The molecule has 6 heterocycles. The van der Waals surface area contributed by atoms with Crippen molar-refractivity contribution >= 4 is 5.97 Å². The number of hydrogen-bond donors (Lipinski definition) is 3. The van der Waals surface area contributed by atoms with Crippen molar-refractivity contribution in [3.8, 4) is 0 Å². The second kappa shape index (κ2) is 19.8. The maximum absolute atomic E-state index is 14.4. The Bertz CT molecular complexity index is 1680. The number of fused-ring (bicyclic) bond motifs is 2. The minimum atomic E-state index is -1.82. The molecule has 3 N–H and O–H groups in total. The van der Waals surface area contributed by atoms with Crippen molar-refractivity contribution in [1.29, 1.82) is 0 Å². The van der Waals surface area contributed by atoms with Gasteiger partial charge in [0.25, 0.3) is 0 Å². The Kier molecular flexibility index (Phi) is 15.3. The van der Waals surface area contributed by atoms with Gasteiger partial charge in [0.15, 0.2) is 18.4 Å². The molecule has 350 valence electrons. The number of carbonyl (C=O) groups excluding carboxylic acids is 1. The van der Waals surface area contributed by atoms with Crippen LogP contribution < -0.4 is 0 Å². The fourth-order valence-corrected chi connectivity index (χ4v) is 11.0. The Labute approximate surface area is 368 Å². The zero-order chi connectivity index (χ0) is 44.7. The molecule has 1 aliphatic carbocycles. The number of aliphatic hydroxyl groups excluding tert-OH is 2. The Hall–Kier alpha value is -2.05. The van der Waals surface area contributed by atoms with E-state index in [-0.39, 0.29) is 30.8 Å². The van der Waals surface area contributed by atoms with E-state index in [1.165, 1.54) is 0 Å². The highest BCUT2D eigenvalue weighted by molar-refractivity contribution is 5.78. The van der Waals surface area contributed by atoms with E-state index in [1.54, 1.807) is 40.2 Å². The van der Waals surface area contributed by atoms with Gasteiger partial charge >= 0.3 is 5.97 Å². The number of rotatable bonds is 8. The van der Waals surface area contributed by atoms with Gasteiger partial charge in [0.1, 0.15) is 42.0 Å². The minimum Gasteiger partial charge on any atom is -0.462 e. The number of esters is 1. The van der Waals surface area contributed by atoms with Crippen molar-refractivity contribution in [3.05, 3.63) is 47.1 Å². The van der Waals surface area contributed by atoms with E-state index in [2.05, 4.69) is 40.7 Å². The van der Waals surface area contributed by atoms with Crippen LogP contribution in [0.5, 0.6) is 0 Å². The number of carbonyl (C=O) groups is 1. The third kappa shape index (κ3) is 9.73. The lowest BCUT2D eigenvalue weighted by Crippen LogP contribution is -2.58. The first-order valence-electron chi connectivity index (χ1n) is 23.2. The van der Waals surface area contributed by atoms with Crippen molar-refractivity contribution in [1.82, 2.24) is 0 Å². The molecule has 20 atom stereocenters. The quantitative estimate of drug-likeness (QED) is 0.204. The summed E-state index contributed by atoms with van der Waals surface area (Å²) in [5.41, 5.74) is 0.188. The summed E-state index contributed by atoms with van der Waals surface area (Å²) in [6, 6.07) is 0. The molecule has 7 aliphatic rings. The molecule has 0 aromatic rings. The Morgan fingerprint density at radius 3 is 2.35 bits per heavy atom. The SMILES string of the molecule is CC[C@H](C)[C@@H]1O[C@]2(CC[C@@H]1C)C[C@H]1C[C@@H](C/C=C(\C)[C@H](O[C@@H]3C[C@H](OC)[C@H](O[C@@H]4C[C@H](OC)[C@H](O)[C@H](C)O4)[C@H](C)O3)[C@H](C)/C=C/C=C3\CO[C@@H]4[C@H](O)C(C)=C[C@@H](C(=O)O1)[C@@]34O)O2. The van der Waals surface area contributed by atoms with Crippen molar-refractivity contribution in [2.24, 2.45) is 23.7 Å². The average Bonchev–Trinajstić information content (AvgIpc) is 3.58. The lowest BCUT2D eigenvalue weighted by molar-refractivity contribution is -0.340. The first-order valence-corrected chi connectivity index (χ1v) is 23.2. The third-order valence-corrected chi connectivity index (χ3v) is 14.9. The smallest absolute Gasteiger partial charge is 0.316 e. The van der Waals surface area contributed by atoms with E-state index in [4.69, 9.17) is 47.4 Å². The molecule has 14 nitrogen and oxygen atoms in total. The normalized spacial score (nSPS) is 49.4. The highest BCUT2D eigenvalue weighted by Gasteiger charge is 2.60. The van der Waals surface area contributed by atoms with Crippen LogP contribution in [-0.2, 0) is 52.2 Å². The summed E-state index contributed by atoms with van der Waals surface area (Å²) >= 11 is 0. The lowest BCUT2D eigenvalue weighted by Gasteiger charge is -2.51. The Balaban J connectivity index is 1.18. The molecule has 0 amide bonds. The highest BCUT2D eigenvalue weighted by atomic mass is 16.7. The Morgan fingerprint density at radius 2 is 1.63 bits per heavy atom. The van der Waals surface area contributed by atoms with Crippen molar-refractivity contribution in [2.45, 2.75) is 204 Å². The van der Waals surface area contributed by atoms with E-state index >= 15 is 0 Å². The van der Waals surface area contributed by atoms with Gasteiger partial charge in [-0.3, -0.25) is 4.79 Å². The molecule has 0 aromatic carbocycles. The number of ether oxygens (including phenoxy) is 10. The first kappa shape index (κ1) is 47.9. The van der Waals surface area contributed by atoms with Crippen LogP contribution in [0.15, 0.2) is 47.1 Å². The van der Waals surface area contributed by atoms with Crippen LogP contribution in [0.1, 0.15) is 107 Å². The molecular weight excluding hydrogens is 801 g/mol. The highest BCUT2D eigenvalue weighted by Crippen LogP contribution is 2.48. The standard InChI is InChI=1S/C48H74O14/c1-11-25(2)43-28(5)17-18-47(62-43)23-34-20-33(61-47)16-15-27(4)42(26(3)13-12-14-32-24-55-45-40(49)29(6)19-35(46(51)58-34)48(32,45)52)59-39-22-37(54-10)44(31(8)57-39)60-38-21-36(53-9)41(50)30(7)56-38/h12-15,19,25-26,28,30-31,33-45,49-50,52H,11,16-18,20-24H2,1-10H3/b13-12+,27-15+,32-14+/t25-,26+,28-,30-,31-,33+,34+,35-,36-,37-,38+,39+,40+,41+,42+,43-,44+,45+,47+,48-/m0/s1. The van der Waals surface area contributed by atoms with E-state index in [0.29, 0.717) is 61.5 Å². The van der Waals surface area contributed by atoms with Crippen LogP contribution in [0.4, 0.5) is 0 Å². The van der Waals surface area contributed by atoms with Gasteiger partial charge < -0.3 is 62.7 Å². The van der Waals surface area contributed by atoms with Crippen LogP contribution in [0, 0.1) is 23.7 Å². The molecule has 6 aliphatic heterocycles. The zero-order valence-electron chi connectivity index (χ0n) is 38.5. The predicted octanol–water partition coefficient (Wildman–Crippen LogP) is 5.60. The fraction of sp³-hybridized carbons (Fsp3) is 0.812. The van der Waals surface area contributed by atoms with Gasteiger partial charge in [-0.15, -0.1) is 0 Å². The molecule has 1 spiro atoms. The molecule has 0 unspecified atom stereocenters. The summed E-state index contributed by atoms with van der Waals surface area (Å²) < 4.78 is 63.9. The minimum absolute atomic E-state index is 0.00708. The molecule has 5 saturated heterocycles. The van der Waals surface area contributed by atoms with Gasteiger partial charge in [-0.1, -0.05) is 64.5 Å². The van der Waals surface area contributed by atoms with Crippen LogP contribution in [-0.4, -0.2) is 139 Å². The number of hydrogen-bond acceptors (Lipinski definition) is 14. The van der Waals surface area contributed by atoms with Gasteiger partial charge in [-0.05, 0) is 69.1 Å². The van der Waals surface area contributed by atoms with Gasteiger partial charge in [-0.25, -0.2) is 0 Å². The molecule has 0 aromatic heterocycles. The summed E-state index contributed by atoms with van der Waals surface area (Å²) in [5.74, 6) is -2.10. The van der Waals surface area contributed by atoms with Crippen molar-refractivity contribution in [2.75, 3.05) is 20.8 Å². The molecule has 0 saturated carbocycles. The summed E-state index contributed by atoms with van der Waals surface area (Å²) in [4.78, 5) is 14.4. The maximum Gasteiger partial charge on any atom is 0.316 e. The topological polar surface area (TPSA) is 170 Å². The van der Waals surface area contributed by atoms with E-state index < -0.39 is 90.8 Å².